The number of aromatic nitrogens is 12. The molecule has 8 aromatic rings. The SMILES string of the molecule is Cc1cc(C(C)C)ccn1.Cc1cc(C)nc(C(C)C)n1.Cc1ccc(C(C)C)cn1.Cc1ccnc(C(C)C)c1.Cc1cnc(C(C)C)cc1C.Cc1cnc(C(C)C)cn1.Cc1cnc(C(C)C)nc1.Cc1ncc(C(C)C)cn1. The lowest BCUT2D eigenvalue weighted by Crippen LogP contribution is -2.00. The summed E-state index contributed by atoms with van der Waals surface area (Å²) in [5, 5.41) is 0. The van der Waals surface area contributed by atoms with Gasteiger partial charge in [0.15, 0.2) is 0 Å². The van der Waals surface area contributed by atoms with Crippen LogP contribution in [0.5, 0.6) is 0 Å². The molecule has 0 saturated carbocycles. The first kappa shape index (κ1) is 72.9. The second kappa shape index (κ2) is 38.6. The van der Waals surface area contributed by atoms with Crippen LogP contribution < -0.4 is 0 Å². The van der Waals surface area contributed by atoms with Gasteiger partial charge in [-0.15, -0.1) is 0 Å². The van der Waals surface area contributed by atoms with Gasteiger partial charge >= 0.3 is 0 Å². The highest BCUT2D eigenvalue weighted by molar-refractivity contribution is 5.25. The molecule has 0 amide bonds. The Balaban J connectivity index is 0.000000469. The number of rotatable bonds is 8. The largest absolute Gasteiger partial charge is 0.262 e. The summed E-state index contributed by atoms with van der Waals surface area (Å²) < 4.78 is 0. The van der Waals surface area contributed by atoms with Crippen molar-refractivity contribution in [3.63, 3.8) is 0 Å². The molecular weight excluding hydrogens is 1010 g/mol. The predicted octanol–water partition coefficient (Wildman–Crippen LogP) is 18.3. The van der Waals surface area contributed by atoms with Gasteiger partial charge in [0.05, 0.1) is 11.4 Å². The van der Waals surface area contributed by atoms with Gasteiger partial charge in [-0.05, 0) is 186 Å². The Labute approximate surface area is 497 Å². The third-order valence-electron chi connectivity index (χ3n) is 12.4. The lowest BCUT2D eigenvalue weighted by atomic mass is 10.0. The van der Waals surface area contributed by atoms with Crippen LogP contribution in [-0.2, 0) is 0 Å². The summed E-state index contributed by atoms with van der Waals surface area (Å²) in [6.45, 7) is 54.4. The van der Waals surface area contributed by atoms with Gasteiger partial charge in [-0.25, -0.2) is 29.9 Å². The van der Waals surface area contributed by atoms with E-state index in [1.807, 2.05) is 116 Å². The number of hydrogen-bond donors (Lipinski definition) is 0. The molecule has 0 N–H and O–H groups in total. The van der Waals surface area contributed by atoms with Crippen molar-refractivity contribution in [3.05, 3.63) is 212 Å². The molecule has 0 fully saturated rings. The maximum atomic E-state index is 4.34. The molecule has 0 aliphatic carbocycles. The second-order valence-corrected chi connectivity index (χ2v) is 23.4. The summed E-state index contributed by atoms with van der Waals surface area (Å²) in [5.41, 5.74) is 17.6. The van der Waals surface area contributed by atoms with Crippen molar-refractivity contribution in [1.29, 1.82) is 0 Å². The smallest absolute Gasteiger partial charge is 0.131 e. The van der Waals surface area contributed by atoms with Crippen LogP contribution in [0.2, 0.25) is 0 Å². The van der Waals surface area contributed by atoms with E-state index in [0.29, 0.717) is 47.3 Å². The zero-order valence-corrected chi connectivity index (χ0v) is 55.4. The van der Waals surface area contributed by atoms with Crippen LogP contribution in [0, 0.1) is 69.2 Å². The average molecular weight is 1110 g/mol. The molecule has 8 heterocycles. The van der Waals surface area contributed by atoms with Gasteiger partial charge in [-0.2, -0.15) is 0 Å². The van der Waals surface area contributed by atoms with Crippen LogP contribution in [0.4, 0.5) is 0 Å². The Morgan fingerprint density at radius 1 is 0.256 bits per heavy atom. The Bertz CT molecular complexity index is 2690. The minimum absolute atomic E-state index is 0.425. The molecule has 8 rings (SSSR count). The van der Waals surface area contributed by atoms with E-state index in [2.05, 4.69) is 228 Å². The second-order valence-electron chi connectivity index (χ2n) is 23.4. The van der Waals surface area contributed by atoms with Crippen molar-refractivity contribution in [2.24, 2.45) is 0 Å². The molecule has 0 radical (unpaired) electrons. The van der Waals surface area contributed by atoms with Gasteiger partial charge in [0.1, 0.15) is 17.5 Å². The monoisotopic (exact) mass is 1110 g/mol. The lowest BCUT2D eigenvalue weighted by molar-refractivity contribution is 0.758. The van der Waals surface area contributed by atoms with E-state index in [4.69, 9.17) is 0 Å². The van der Waals surface area contributed by atoms with E-state index < -0.39 is 0 Å². The quantitative estimate of drug-likeness (QED) is 0.142. The summed E-state index contributed by atoms with van der Waals surface area (Å²) in [4.78, 5) is 50.4. The molecule has 0 atom stereocenters. The summed E-state index contributed by atoms with van der Waals surface area (Å²) in [6, 6.07) is 16.7. The fourth-order valence-corrected chi connectivity index (χ4v) is 6.70. The van der Waals surface area contributed by atoms with Crippen LogP contribution in [0.25, 0.3) is 0 Å². The van der Waals surface area contributed by atoms with E-state index in [9.17, 15) is 0 Å². The molecule has 0 aliphatic rings. The molecule has 0 aromatic carbocycles. The molecule has 82 heavy (non-hydrogen) atoms. The molecule has 0 bridgehead atoms. The average Bonchev–Trinajstić information content (AvgIpc) is 3.42. The number of nitrogens with zero attached hydrogens (tertiary/aromatic N) is 12. The number of aryl methyl sites for hydroxylation is 10. The zero-order chi connectivity index (χ0) is 62.2. The topological polar surface area (TPSA) is 155 Å². The van der Waals surface area contributed by atoms with Gasteiger partial charge in [0, 0.05) is 108 Å². The van der Waals surface area contributed by atoms with Crippen LogP contribution in [-0.4, -0.2) is 59.8 Å². The van der Waals surface area contributed by atoms with E-state index >= 15 is 0 Å². The summed E-state index contributed by atoms with van der Waals surface area (Å²) in [6.07, 6.45) is 18.7. The fraction of sp³-hybridized carbons (Fsp3) is 0.486. The molecular formula is C70H104N12. The molecule has 0 aliphatic heterocycles. The van der Waals surface area contributed by atoms with Crippen molar-refractivity contribution in [1.82, 2.24) is 59.8 Å². The van der Waals surface area contributed by atoms with Crippen molar-refractivity contribution in [2.75, 3.05) is 0 Å². The first-order chi connectivity index (χ1) is 38.4. The highest BCUT2D eigenvalue weighted by Crippen LogP contribution is 2.17. The standard InChI is InChI=1S/C10H15N.C9H14N2.3C9H13N.3C8H12N2/c1-7(2)10-5-8(3)9(4)6-11-10;1-6(2)9-10-7(3)5-8(4)11-9;1-7(2)9-4-5-10-8(3)6-9;1-7(2)9-5-4-8(3)10-6-9;1-7(2)9-6-8(3)4-5-10-9;1-6(2)8-4-9-7(3)10-5-8;1-6(2)8-5-9-7(3)4-10-8;1-6(2)8-9-4-7(3)5-10-8/h5-7H,1-4H3;5-6H,1-4H3;3*4-7H,1-3H3;3*4-6H,1-3H3. The van der Waals surface area contributed by atoms with Crippen molar-refractivity contribution >= 4 is 0 Å². The van der Waals surface area contributed by atoms with Crippen molar-refractivity contribution < 1.29 is 0 Å². The third-order valence-corrected chi connectivity index (χ3v) is 12.4. The van der Waals surface area contributed by atoms with E-state index in [-0.39, 0.29) is 0 Å². The molecule has 444 valence electrons. The van der Waals surface area contributed by atoms with Gasteiger partial charge in [0.2, 0.25) is 0 Å². The van der Waals surface area contributed by atoms with E-state index in [1.165, 1.54) is 44.8 Å². The zero-order valence-electron chi connectivity index (χ0n) is 55.4. The minimum atomic E-state index is 0.425. The van der Waals surface area contributed by atoms with Crippen molar-refractivity contribution in [3.8, 4) is 0 Å². The van der Waals surface area contributed by atoms with E-state index in [0.717, 1.165) is 57.2 Å². The fourth-order valence-electron chi connectivity index (χ4n) is 6.70. The molecule has 0 saturated heterocycles. The van der Waals surface area contributed by atoms with Gasteiger partial charge in [-0.3, -0.25) is 29.9 Å². The first-order valence-electron chi connectivity index (χ1n) is 29.3. The lowest BCUT2D eigenvalue weighted by Gasteiger charge is -2.06. The molecule has 8 aromatic heterocycles. The molecule has 12 nitrogen and oxygen atoms in total. The summed E-state index contributed by atoms with van der Waals surface area (Å²) in [5.74, 6) is 6.85. The van der Waals surface area contributed by atoms with E-state index in [1.54, 1.807) is 6.20 Å². The maximum Gasteiger partial charge on any atom is 0.131 e. The van der Waals surface area contributed by atoms with Crippen molar-refractivity contribution in [2.45, 2.75) is 227 Å². The Kier molecular flexibility index (Phi) is 34.3. The molecule has 12 heteroatoms. The molecule has 0 unspecified atom stereocenters. The minimum Gasteiger partial charge on any atom is -0.262 e. The Morgan fingerprint density at radius 2 is 0.744 bits per heavy atom. The third kappa shape index (κ3) is 31.2. The normalized spacial score (nSPS) is 10.5. The Morgan fingerprint density at radius 3 is 1.15 bits per heavy atom. The number of hydrogen-bond acceptors (Lipinski definition) is 12. The predicted molar refractivity (Wildman–Crippen MR) is 345 cm³/mol. The number of pyridine rings is 4. The van der Waals surface area contributed by atoms with Crippen LogP contribution in [0.3, 0.4) is 0 Å². The summed E-state index contributed by atoms with van der Waals surface area (Å²) >= 11 is 0. The van der Waals surface area contributed by atoms with Gasteiger partial charge in [-0.1, -0.05) is 117 Å². The van der Waals surface area contributed by atoms with Crippen LogP contribution in [0.15, 0.2) is 110 Å². The maximum absolute atomic E-state index is 4.34. The molecule has 0 spiro atoms. The van der Waals surface area contributed by atoms with Crippen LogP contribution >= 0.6 is 0 Å². The highest BCUT2D eigenvalue weighted by Gasteiger charge is 2.05. The van der Waals surface area contributed by atoms with Gasteiger partial charge < -0.3 is 0 Å². The first-order valence-corrected chi connectivity index (χ1v) is 29.3. The Hall–Kier alpha value is -7.08. The highest BCUT2D eigenvalue weighted by atomic mass is 14.9. The van der Waals surface area contributed by atoms with Crippen LogP contribution in [0.1, 0.15) is 260 Å². The summed E-state index contributed by atoms with van der Waals surface area (Å²) in [7, 11) is 0. The van der Waals surface area contributed by atoms with Gasteiger partial charge in [0.25, 0.3) is 0 Å².